The van der Waals surface area contributed by atoms with Crippen molar-refractivity contribution in [1.82, 2.24) is 14.7 Å². The van der Waals surface area contributed by atoms with Crippen molar-refractivity contribution in [3.63, 3.8) is 0 Å². The quantitative estimate of drug-likeness (QED) is 0.795. The minimum Gasteiger partial charge on any atom is -0.360 e. The fourth-order valence-electron chi connectivity index (χ4n) is 1.11. The average molecular weight is 242 g/mol. The Kier molecular flexibility index (Phi) is 5.18. The molecule has 1 heterocycles. The van der Waals surface area contributed by atoms with Crippen LogP contribution in [0.25, 0.3) is 0 Å². The molecule has 0 bridgehead atoms. The summed E-state index contributed by atoms with van der Waals surface area (Å²) >= 11 is 1.34. The molecule has 0 aliphatic heterocycles. The van der Waals surface area contributed by atoms with E-state index >= 15 is 0 Å². The summed E-state index contributed by atoms with van der Waals surface area (Å²) in [5, 5.41) is 6.62. The molecule has 16 heavy (non-hydrogen) atoms. The molecule has 6 heteroatoms. The molecule has 0 saturated carbocycles. The van der Waals surface area contributed by atoms with Gasteiger partial charge in [0.15, 0.2) is 0 Å². The summed E-state index contributed by atoms with van der Waals surface area (Å²) in [5.74, 6) is 1.25. The van der Waals surface area contributed by atoms with Gasteiger partial charge in [-0.1, -0.05) is 13.8 Å². The summed E-state index contributed by atoms with van der Waals surface area (Å²) in [7, 11) is 0. The molecule has 90 valence electrons. The van der Waals surface area contributed by atoms with E-state index in [1.54, 1.807) is 0 Å². The standard InChI is InChI=1S/C10H18N4OS/c1-4-11-8(15)5-6-12-10-13-9(7(2)3)14-16-10/h7H,4-6H2,1-3H3,(H,11,15)(H,12,13,14). The summed E-state index contributed by atoms with van der Waals surface area (Å²) in [6.07, 6.45) is 0.463. The van der Waals surface area contributed by atoms with Gasteiger partial charge >= 0.3 is 0 Å². The smallest absolute Gasteiger partial charge is 0.221 e. The molecule has 1 aromatic rings. The Bertz CT molecular complexity index is 337. The third kappa shape index (κ3) is 4.14. The zero-order chi connectivity index (χ0) is 12.0. The van der Waals surface area contributed by atoms with Gasteiger partial charge in [-0.2, -0.15) is 4.37 Å². The summed E-state index contributed by atoms with van der Waals surface area (Å²) in [4.78, 5) is 15.5. The fourth-order valence-corrected chi connectivity index (χ4v) is 1.84. The van der Waals surface area contributed by atoms with E-state index in [1.165, 1.54) is 11.5 Å². The van der Waals surface area contributed by atoms with Gasteiger partial charge in [0, 0.05) is 37.0 Å². The number of nitrogens with zero attached hydrogens (tertiary/aromatic N) is 2. The number of carbonyl (C=O) groups is 1. The zero-order valence-electron chi connectivity index (χ0n) is 9.91. The van der Waals surface area contributed by atoms with Gasteiger partial charge in [0.2, 0.25) is 11.0 Å². The summed E-state index contributed by atoms with van der Waals surface area (Å²) in [6, 6.07) is 0. The number of rotatable bonds is 6. The van der Waals surface area contributed by atoms with Gasteiger partial charge in [0.1, 0.15) is 5.82 Å². The molecule has 0 aromatic carbocycles. The van der Waals surface area contributed by atoms with Crippen molar-refractivity contribution in [1.29, 1.82) is 0 Å². The van der Waals surface area contributed by atoms with Gasteiger partial charge in [-0.25, -0.2) is 4.98 Å². The lowest BCUT2D eigenvalue weighted by Crippen LogP contribution is -2.24. The van der Waals surface area contributed by atoms with Crippen LogP contribution in [0.4, 0.5) is 5.13 Å². The molecule has 2 N–H and O–H groups in total. The predicted octanol–water partition coefficient (Wildman–Crippen LogP) is 1.60. The molecule has 0 atom stereocenters. The average Bonchev–Trinajstić information content (AvgIpc) is 2.67. The Hall–Kier alpha value is -1.17. The van der Waals surface area contributed by atoms with E-state index in [0.29, 0.717) is 25.4 Å². The lowest BCUT2D eigenvalue weighted by Gasteiger charge is -2.02. The second-order valence-electron chi connectivity index (χ2n) is 3.74. The van der Waals surface area contributed by atoms with Gasteiger partial charge < -0.3 is 10.6 Å². The van der Waals surface area contributed by atoms with Gasteiger partial charge in [-0.05, 0) is 6.92 Å². The highest BCUT2D eigenvalue weighted by Crippen LogP contribution is 2.16. The Morgan fingerprint density at radius 2 is 2.25 bits per heavy atom. The van der Waals surface area contributed by atoms with Crippen LogP contribution in [0.3, 0.4) is 0 Å². The minimum absolute atomic E-state index is 0.0589. The second-order valence-corrected chi connectivity index (χ2v) is 4.49. The van der Waals surface area contributed by atoms with E-state index in [2.05, 4.69) is 33.8 Å². The van der Waals surface area contributed by atoms with Gasteiger partial charge in [-0.3, -0.25) is 4.79 Å². The Morgan fingerprint density at radius 3 is 2.81 bits per heavy atom. The minimum atomic E-state index is 0.0589. The monoisotopic (exact) mass is 242 g/mol. The van der Waals surface area contributed by atoms with Crippen LogP contribution < -0.4 is 10.6 Å². The normalized spacial score (nSPS) is 10.5. The van der Waals surface area contributed by atoms with Crippen LogP contribution in [0.2, 0.25) is 0 Å². The van der Waals surface area contributed by atoms with Gasteiger partial charge in [0.05, 0.1) is 0 Å². The second kappa shape index (κ2) is 6.42. The van der Waals surface area contributed by atoms with Crippen LogP contribution in [0.15, 0.2) is 0 Å². The van der Waals surface area contributed by atoms with E-state index in [-0.39, 0.29) is 5.91 Å². The van der Waals surface area contributed by atoms with Crippen molar-refractivity contribution < 1.29 is 4.79 Å². The van der Waals surface area contributed by atoms with Crippen LogP contribution in [-0.2, 0) is 4.79 Å². The summed E-state index contributed by atoms with van der Waals surface area (Å²) in [5.41, 5.74) is 0. The van der Waals surface area contributed by atoms with E-state index in [0.717, 1.165) is 11.0 Å². The van der Waals surface area contributed by atoms with E-state index in [4.69, 9.17) is 0 Å². The van der Waals surface area contributed by atoms with Crippen molar-refractivity contribution in [3.05, 3.63) is 5.82 Å². The van der Waals surface area contributed by atoms with E-state index < -0.39 is 0 Å². The first-order valence-electron chi connectivity index (χ1n) is 5.47. The van der Waals surface area contributed by atoms with Crippen molar-refractivity contribution >= 4 is 22.6 Å². The summed E-state index contributed by atoms with van der Waals surface area (Å²) in [6.45, 7) is 7.29. The van der Waals surface area contributed by atoms with Crippen LogP contribution in [-0.4, -0.2) is 28.4 Å². The highest BCUT2D eigenvalue weighted by Gasteiger charge is 2.07. The van der Waals surface area contributed by atoms with Crippen LogP contribution in [0.1, 0.15) is 38.9 Å². The lowest BCUT2D eigenvalue weighted by atomic mass is 10.2. The van der Waals surface area contributed by atoms with E-state index in [1.807, 2.05) is 6.92 Å². The topological polar surface area (TPSA) is 66.9 Å². The molecular weight excluding hydrogens is 224 g/mol. The van der Waals surface area contributed by atoms with E-state index in [9.17, 15) is 4.79 Å². The van der Waals surface area contributed by atoms with Crippen LogP contribution in [0.5, 0.6) is 0 Å². The van der Waals surface area contributed by atoms with Gasteiger partial charge in [0.25, 0.3) is 0 Å². The first-order chi connectivity index (χ1) is 7.63. The van der Waals surface area contributed by atoms with Crippen molar-refractivity contribution in [2.75, 3.05) is 18.4 Å². The molecule has 1 amide bonds. The Labute approximate surface area is 99.8 Å². The molecule has 0 unspecified atom stereocenters. The zero-order valence-corrected chi connectivity index (χ0v) is 10.7. The first kappa shape index (κ1) is 12.9. The Balaban J connectivity index is 2.29. The molecule has 0 aliphatic rings. The molecule has 0 fully saturated rings. The molecule has 5 nitrogen and oxygen atoms in total. The number of nitrogens with one attached hydrogen (secondary N) is 2. The Morgan fingerprint density at radius 1 is 1.50 bits per heavy atom. The van der Waals surface area contributed by atoms with Crippen LogP contribution in [0, 0.1) is 0 Å². The SMILES string of the molecule is CCNC(=O)CCNc1nc(C(C)C)ns1. The number of aromatic nitrogens is 2. The fraction of sp³-hybridized carbons (Fsp3) is 0.700. The largest absolute Gasteiger partial charge is 0.360 e. The number of carbonyl (C=O) groups excluding carboxylic acids is 1. The number of hydrogen-bond acceptors (Lipinski definition) is 5. The predicted molar refractivity (Wildman–Crippen MR) is 65.8 cm³/mol. The number of hydrogen-bond donors (Lipinski definition) is 2. The lowest BCUT2D eigenvalue weighted by molar-refractivity contribution is -0.120. The maximum Gasteiger partial charge on any atom is 0.221 e. The van der Waals surface area contributed by atoms with Crippen molar-refractivity contribution in [2.45, 2.75) is 33.1 Å². The molecule has 1 aromatic heterocycles. The molecule has 1 rings (SSSR count). The number of amides is 1. The molecule has 0 saturated heterocycles. The number of anilines is 1. The molecule has 0 radical (unpaired) electrons. The highest BCUT2D eigenvalue weighted by atomic mass is 32.1. The molecule has 0 aliphatic carbocycles. The maximum atomic E-state index is 11.2. The van der Waals surface area contributed by atoms with Crippen LogP contribution >= 0.6 is 11.5 Å². The first-order valence-corrected chi connectivity index (χ1v) is 6.25. The maximum absolute atomic E-state index is 11.2. The highest BCUT2D eigenvalue weighted by molar-refractivity contribution is 7.09. The molecule has 0 spiro atoms. The third-order valence-electron chi connectivity index (χ3n) is 1.96. The summed E-state index contributed by atoms with van der Waals surface area (Å²) < 4.78 is 4.22. The third-order valence-corrected chi connectivity index (χ3v) is 2.65. The van der Waals surface area contributed by atoms with Gasteiger partial charge in [-0.15, -0.1) is 0 Å². The van der Waals surface area contributed by atoms with Crippen molar-refractivity contribution in [3.8, 4) is 0 Å². The van der Waals surface area contributed by atoms with Crippen molar-refractivity contribution in [2.24, 2.45) is 0 Å². The molecular formula is C10H18N4OS.